The number of carbonyl (C=O) groups is 1. The van der Waals surface area contributed by atoms with Gasteiger partial charge in [0.1, 0.15) is 0 Å². The quantitative estimate of drug-likeness (QED) is 0.368. The van der Waals surface area contributed by atoms with Crippen LogP contribution >= 0.6 is 15.9 Å². The van der Waals surface area contributed by atoms with Gasteiger partial charge in [0.2, 0.25) is 0 Å². The molecule has 2 aromatic heterocycles. The lowest BCUT2D eigenvalue weighted by molar-refractivity contribution is 0.0944. The van der Waals surface area contributed by atoms with E-state index in [1.54, 1.807) is 0 Å². The Labute approximate surface area is 189 Å². The van der Waals surface area contributed by atoms with E-state index in [0.29, 0.717) is 18.0 Å². The van der Waals surface area contributed by atoms with Crippen LogP contribution in [0.1, 0.15) is 36.0 Å². The van der Waals surface area contributed by atoms with Crippen molar-refractivity contribution in [3.05, 3.63) is 64.8 Å². The lowest BCUT2D eigenvalue weighted by atomic mass is 9.86. The first kappa shape index (κ1) is 20.2. The van der Waals surface area contributed by atoms with Crippen LogP contribution in [0, 0.1) is 5.92 Å². The Kier molecular flexibility index (Phi) is 5.50. The predicted molar refractivity (Wildman–Crippen MR) is 129 cm³/mol. The Morgan fingerprint density at radius 3 is 2.90 bits per heavy atom. The van der Waals surface area contributed by atoms with Gasteiger partial charge in [0.15, 0.2) is 0 Å². The van der Waals surface area contributed by atoms with Crippen LogP contribution in [0.3, 0.4) is 0 Å². The first-order valence-corrected chi connectivity index (χ1v) is 11.6. The molecule has 1 aliphatic rings. The van der Waals surface area contributed by atoms with Gasteiger partial charge in [-0.3, -0.25) is 4.79 Å². The van der Waals surface area contributed by atoms with Gasteiger partial charge in [-0.2, -0.15) is 0 Å². The number of hydrogen-bond acceptors (Lipinski definition) is 3. The molecular formula is C25H25BrN4O. The maximum atomic E-state index is 13.2. The summed E-state index contributed by atoms with van der Waals surface area (Å²) in [6.45, 7) is 0.665. The van der Waals surface area contributed by atoms with Crippen molar-refractivity contribution < 1.29 is 4.79 Å². The third-order valence-corrected chi connectivity index (χ3v) is 6.75. The summed E-state index contributed by atoms with van der Waals surface area (Å²) in [6, 6.07) is 16.1. The van der Waals surface area contributed by atoms with Gasteiger partial charge >= 0.3 is 0 Å². The molecule has 0 aliphatic heterocycles. The highest BCUT2D eigenvalue weighted by molar-refractivity contribution is 9.10. The first-order chi connectivity index (χ1) is 15.1. The number of hydrogen-bond donors (Lipinski definition) is 3. The summed E-state index contributed by atoms with van der Waals surface area (Å²) in [5.41, 5.74) is 10.4. The fourth-order valence-corrected chi connectivity index (χ4v) is 5.02. The number of aromatic amines is 1. The molecule has 1 amide bonds. The van der Waals surface area contributed by atoms with Gasteiger partial charge in [-0.05, 0) is 55.5 Å². The summed E-state index contributed by atoms with van der Waals surface area (Å²) >= 11 is 3.56. The Bertz CT molecular complexity index is 1270. The molecule has 1 fully saturated rings. The van der Waals surface area contributed by atoms with Crippen molar-refractivity contribution in [3.8, 4) is 11.3 Å². The van der Waals surface area contributed by atoms with E-state index in [4.69, 9.17) is 10.7 Å². The van der Waals surface area contributed by atoms with E-state index in [-0.39, 0.29) is 11.9 Å². The molecule has 1 aliphatic carbocycles. The van der Waals surface area contributed by atoms with E-state index in [1.165, 1.54) is 0 Å². The third kappa shape index (κ3) is 4.10. The number of benzene rings is 2. The summed E-state index contributed by atoms with van der Waals surface area (Å²) in [5.74, 6) is 0.395. The van der Waals surface area contributed by atoms with Crippen LogP contribution in [0.5, 0.6) is 0 Å². The van der Waals surface area contributed by atoms with E-state index in [1.807, 2.05) is 48.7 Å². The van der Waals surface area contributed by atoms with E-state index in [9.17, 15) is 4.79 Å². The Hall–Kier alpha value is -2.70. The van der Waals surface area contributed by atoms with Gasteiger partial charge in [0.25, 0.3) is 5.91 Å². The van der Waals surface area contributed by atoms with Gasteiger partial charge < -0.3 is 16.0 Å². The Balaban J connectivity index is 1.51. The van der Waals surface area contributed by atoms with Gasteiger partial charge in [-0.25, -0.2) is 4.98 Å². The summed E-state index contributed by atoms with van der Waals surface area (Å²) in [6.07, 6.45) is 6.29. The maximum absolute atomic E-state index is 13.2. The van der Waals surface area contributed by atoms with Gasteiger partial charge in [-0.15, -0.1) is 0 Å². The van der Waals surface area contributed by atoms with E-state index >= 15 is 0 Å². The topological polar surface area (TPSA) is 83.8 Å². The van der Waals surface area contributed by atoms with Crippen molar-refractivity contribution in [1.82, 2.24) is 15.3 Å². The highest BCUT2D eigenvalue weighted by Crippen LogP contribution is 2.32. The summed E-state index contributed by atoms with van der Waals surface area (Å²) in [4.78, 5) is 21.4. The Morgan fingerprint density at radius 1 is 1.16 bits per heavy atom. The normalized spacial score (nSPS) is 19.0. The zero-order chi connectivity index (χ0) is 21.4. The molecule has 2 heterocycles. The first-order valence-electron chi connectivity index (χ1n) is 10.8. The lowest BCUT2D eigenvalue weighted by Gasteiger charge is -2.26. The van der Waals surface area contributed by atoms with Crippen LogP contribution in [0.15, 0.2) is 59.2 Å². The number of aromatic nitrogens is 2. The highest BCUT2D eigenvalue weighted by atomic mass is 79.9. The van der Waals surface area contributed by atoms with Crippen LogP contribution in [0.25, 0.3) is 33.1 Å². The van der Waals surface area contributed by atoms with E-state index in [0.717, 1.165) is 63.2 Å². The molecule has 2 atom stereocenters. The summed E-state index contributed by atoms with van der Waals surface area (Å²) < 4.78 is 1.00. The lowest BCUT2D eigenvalue weighted by Crippen LogP contribution is -2.35. The third-order valence-electron chi connectivity index (χ3n) is 6.26. The number of fused-ring (bicyclic) bond motifs is 2. The molecule has 4 aromatic rings. The summed E-state index contributed by atoms with van der Waals surface area (Å²) in [7, 11) is 0. The molecular weight excluding hydrogens is 452 g/mol. The number of amides is 1. The second-order valence-electron chi connectivity index (χ2n) is 8.47. The molecule has 31 heavy (non-hydrogen) atoms. The van der Waals surface area contributed by atoms with E-state index < -0.39 is 0 Å². The van der Waals surface area contributed by atoms with Crippen molar-refractivity contribution in [2.24, 2.45) is 11.7 Å². The van der Waals surface area contributed by atoms with Crippen LogP contribution in [0.2, 0.25) is 0 Å². The van der Waals surface area contributed by atoms with Crippen molar-refractivity contribution in [3.63, 3.8) is 0 Å². The standard InChI is InChI=1S/C25H25BrN4O/c26-16-8-9-22-19(11-16)21(14-28-22)24-12-20(18-6-1-2-7-23(18)30-24)25(31)29-13-15-4-3-5-17(27)10-15/h1-2,6-9,11-12,14-15,17,28H,3-5,10,13,27H2,(H,29,31). The van der Waals surface area contributed by atoms with Crippen LogP contribution in [0.4, 0.5) is 0 Å². The number of pyridine rings is 1. The minimum absolute atomic E-state index is 0.0555. The van der Waals surface area contributed by atoms with Gasteiger partial charge in [0, 0.05) is 45.1 Å². The molecule has 0 saturated heterocycles. The van der Waals surface area contributed by atoms with Crippen molar-refractivity contribution in [2.45, 2.75) is 31.7 Å². The fraction of sp³-hybridized carbons (Fsp3) is 0.280. The highest BCUT2D eigenvalue weighted by Gasteiger charge is 2.21. The van der Waals surface area contributed by atoms with E-state index in [2.05, 4.69) is 32.3 Å². The number of nitrogens with two attached hydrogens (primary N) is 1. The predicted octanol–water partition coefficient (Wildman–Crippen LogP) is 5.39. The average Bonchev–Trinajstić information content (AvgIpc) is 3.20. The molecule has 5 nitrogen and oxygen atoms in total. The molecule has 0 spiro atoms. The minimum Gasteiger partial charge on any atom is -0.360 e. The van der Waals surface area contributed by atoms with Crippen molar-refractivity contribution >= 4 is 43.6 Å². The number of para-hydroxylation sites is 1. The zero-order valence-electron chi connectivity index (χ0n) is 17.2. The number of carbonyl (C=O) groups excluding carboxylic acids is 1. The largest absolute Gasteiger partial charge is 0.360 e. The monoisotopic (exact) mass is 476 g/mol. The number of nitrogens with zero attached hydrogens (tertiary/aromatic N) is 1. The molecule has 2 aromatic carbocycles. The van der Waals surface area contributed by atoms with Crippen LogP contribution < -0.4 is 11.1 Å². The van der Waals surface area contributed by atoms with Crippen LogP contribution in [-0.4, -0.2) is 28.5 Å². The van der Waals surface area contributed by atoms with Crippen molar-refractivity contribution in [1.29, 1.82) is 0 Å². The second-order valence-corrected chi connectivity index (χ2v) is 9.38. The zero-order valence-corrected chi connectivity index (χ0v) is 18.8. The fourth-order valence-electron chi connectivity index (χ4n) is 4.66. The molecule has 0 radical (unpaired) electrons. The molecule has 158 valence electrons. The summed E-state index contributed by atoms with van der Waals surface area (Å²) in [5, 5.41) is 5.10. The molecule has 2 unspecified atom stereocenters. The SMILES string of the molecule is NC1CCCC(CNC(=O)c2cc(-c3c[nH]c4ccc(Br)cc34)nc3ccccc23)C1. The smallest absolute Gasteiger partial charge is 0.252 e. The van der Waals surface area contributed by atoms with Crippen molar-refractivity contribution in [2.75, 3.05) is 6.54 Å². The Morgan fingerprint density at radius 2 is 2.03 bits per heavy atom. The maximum Gasteiger partial charge on any atom is 0.252 e. The number of H-pyrrole nitrogens is 1. The average molecular weight is 477 g/mol. The minimum atomic E-state index is -0.0555. The molecule has 5 rings (SSSR count). The molecule has 1 saturated carbocycles. The van der Waals surface area contributed by atoms with Gasteiger partial charge in [-0.1, -0.05) is 40.5 Å². The number of nitrogens with one attached hydrogen (secondary N) is 2. The number of halogens is 1. The molecule has 4 N–H and O–H groups in total. The number of rotatable bonds is 4. The molecule has 6 heteroatoms. The van der Waals surface area contributed by atoms with Crippen LogP contribution in [-0.2, 0) is 0 Å². The molecule has 0 bridgehead atoms. The van der Waals surface area contributed by atoms with Gasteiger partial charge in [0.05, 0.1) is 16.8 Å². The second kappa shape index (κ2) is 8.44.